The standard InChI is InChI=1S/C19H23N5O3S/c1-20-28(26,27)13-15-6-4-5-14(11-15)12-22-19(25)21-10-9-18-23-16-7-2-3-8-17(16)24-18/h2-8,11,20H,9-10,12-13H2,1H3,(H,23,24)(H2,21,22,25). The van der Waals surface area contributed by atoms with E-state index in [9.17, 15) is 13.2 Å². The maximum absolute atomic E-state index is 12.0. The van der Waals surface area contributed by atoms with Crippen molar-refractivity contribution < 1.29 is 13.2 Å². The number of H-pyrrole nitrogens is 1. The van der Waals surface area contributed by atoms with Crippen LogP contribution in [0.1, 0.15) is 17.0 Å². The molecule has 0 saturated heterocycles. The Balaban J connectivity index is 1.45. The van der Waals surface area contributed by atoms with Gasteiger partial charge in [-0.15, -0.1) is 0 Å². The number of carbonyl (C=O) groups excluding carboxylic acids is 1. The fraction of sp³-hybridized carbons (Fsp3) is 0.263. The van der Waals surface area contributed by atoms with Gasteiger partial charge in [0.15, 0.2) is 0 Å². The molecule has 4 N–H and O–H groups in total. The van der Waals surface area contributed by atoms with E-state index in [1.165, 1.54) is 7.05 Å². The molecule has 1 heterocycles. The minimum atomic E-state index is -3.33. The van der Waals surface area contributed by atoms with Crippen LogP contribution < -0.4 is 15.4 Å². The maximum Gasteiger partial charge on any atom is 0.315 e. The van der Waals surface area contributed by atoms with Crippen LogP contribution in [0.2, 0.25) is 0 Å². The number of urea groups is 1. The third-order valence-corrected chi connectivity index (χ3v) is 5.53. The van der Waals surface area contributed by atoms with Gasteiger partial charge in [0.25, 0.3) is 0 Å². The summed E-state index contributed by atoms with van der Waals surface area (Å²) in [5.74, 6) is 0.723. The number of benzene rings is 2. The van der Waals surface area contributed by atoms with Crippen LogP contribution in [0.15, 0.2) is 48.5 Å². The van der Waals surface area contributed by atoms with Gasteiger partial charge in [0, 0.05) is 19.5 Å². The Bertz CT molecular complexity index is 1030. The van der Waals surface area contributed by atoms with E-state index in [0.717, 1.165) is 22.4 Å². The summed E-state index contributed by atoms with van der Waals surface area (Å²) in [6, 6.07) is 14.6. The molecule has 3 rings (SSSR count). The molecule has 2 aromatic carbocycles. The van der Waals surface area contributed by atoms with Crippen LogP contribution in [-0.4, -0.2) is 38.0 Å². The van der Waals surface area contributed by atoms with Crippen LogP contribution in [0.5, 0.6) is 0 Å². The predicted molar refractivity (Wildman–Crippen MR) is 108 cm³/mol. The number of carbonyl (C=O) groups is 1. The second-order valence-corrected chi connectivity index (χ2v) is 8.27. The number of para-hydroxylation sites is 2. The summed E-state index contributed by atoms with van der Waals surface area (Å²) in [5, 5.41) is 5.56. The summed E-state index contributed by atoms with van der Waals surface area (Å²) in [4.78, 5) is 19.7. The van der Waals surface area contributed by atoms with E-state index < -0.39 is 10.0 Å². The molecule has 0 aliphatic carbocycles. The summed E-state index contributed by atoms with van der Waals surface area (Å²) < 4.78 is 25.6. The first-order valence-electron chi connectivity index (χ1n) is 8.89. The number of aromatic nitrogens is 2. The molecule has 8 nitrogen and oxygen atoms in total. The van der Waals surface area contributed by atoms with Crippen molar-refractivity contribution in [3.63, 3.8) is 0 Å². The van der Waals surface area contributed by atoms with Crippen molar-refractivity contribution in [1.29, 1.82) is 0 Å². The van der Waals surface area contributed by atoms with Crippen molar-refractivity contribution in [2.75, 3.05) is 13.6 Å². The molecule has 28 heavy (non-hydrogen) atoms. The van der Waals surface area contributed by atoms with Crippen LogP contribution in [0.3, 0.4) is 0 Å². The van der Waals surface area contributed by atoms with Gasteiger partial charge in [0.05, 0.1) is 16.8 Å². The predicted octanol–water partition coefficient (Wildman–Crippen LogP) is 1.65. The van der Waals surface area contributed by atoms with E-state index in [2.05, 4.69) is 25.3 Å². The molecular formula is C19H23N5O3S. The normalized spacial score (nSPS) is 11.5. The zero-order valence-corrected chi connectivity index (χ0v) is 16.3. The van der Waals surface area contributed by atoms with Gasteiger partial charge < -0.3 is 15.6 Å². The first-order valence-corrected chi connectivity index (χ1v) is 10.5. The summed E-state index contributed by atoms with van der Waals surface area (Å²) >= 11 is 0. The van der Waals surface area contributed by atoms with Crippen LogP contribution in [-0.2, 0) is 28.7 Å². The molecule has 0 radical (unpaired) electrons. The van der Waals surface area contributed by atoms with Crippen LogP contribution in [0.4, 0.5) is 4.79 Å². The Morgan fingerprint density at radius 2 is 1.86 bits per heavy atom. The first-order chi connectivity index (χ1) is 13.4. The number of hydrogen-bond acceptors (Lipinski definition) is 4. The first kappa shape index (κ1) is 19.8. The second kappa shape index (κ2) is 8.85. The Kier molecular flexibility index (Phi) is 6.27. The number of amides is 2. The topological polar surface area (TPSA) is 116 Å². The van der Waals surface area contributed by atoms with Crippen molar-refractivity contribution in [3.05, 3.63) is 65.5 Å². The molecule has 0 bridgehead atoms. The Morgan fingerprint density at radius 1 is 1.07 bits per heavy atom. The molecule has 148 valence electrons. The van der Waals surface area contributed by atoms with E-state index in [0.29, 0.717) is 25.1 Å². The molecule has 3 aromatic rings. The van der Waals surface area contributed by atoms with E-state index in [1.807, 2.05) is 30.3 Å². The smallest absolute Gasteiger partial charge is 0.315 e. The van der Waals surface area contributed by atoms with Crippen LogP contribution >= 0.6 is 0 Å². The number of nitrogens with zero attached hydrogens (tertiary/aromatic N) is 1. The molecule has 0 saturated carbocycles. The van der Waals surface area contributed by atoms with Crippen molar-refractivity contribution in [2.45, 2.75) is 18.7 Å². The fourth-order valence-corrected chi connectivity index (χ4v) is 3.55. The van der Waals surface area contributed by atoms with Gasteiger partial charge in [-0.3, -0.25) is 0 Å². The van der Waals surface area contributed by atoms with Gasteiger partial charge in [0.2, 0.25) is 10.0 Å². The summed E-state index contributed by atoms with van der Waals surface area (Å²) in [5.41, 5.74) is 3.37. The average Bonchev–Trinajstić information content (AvgIpc) is 3.09. The van der Waals surface area contributed by atoms with Crippen molar-refractivity contribution in [3.8, 4) is 0 Å². The quantitative estimate of drug-likeness (QED) is 0.459. The number of fused-ring (bicyclic) bond motifs is 1. The number of sulfonamides is 1. The average molecular weight is 401 g/mol. The highest BCUT2D eigenvalue weighted by atomic mass is 32.2. The van der Waals surface area contributed by atoms with Gasteiger partial charge in [0.1, 0.15) is 5.82 Å². The molecule has 0 aliphatic heterocycles. The largest absolute Gasteiger partial charge is 0.342 e. The zero-order valence-electron chi connectivity index (χ0n) is 15.5. The lowest BCUT2D eigenvalue weighted by atomic mass is 10.1. The number of imidazole rings is 1. The Morgan fingerprint density at radius 3 is 2.64 bits per heavy atom. The SMILES string of the molecule is CNS(=O)(=O)Cc1cccc(CNC(=O)NCCc2nc3ccccc3[nH]2)c1. The Hall–Kier alpha value is -2.91. The number of aromatic amines is 1. The highest BCUT2D eigenvalue weighted by Gasteiger charge is 2.09. The molecule has 0 aliphatic rings. The lowest BCUT2D eigenvalue weighted by Crippen LogP contribution is -2.36. The van der Waals surface area contributed by atoms with E-state index in [4.69, 9.17) is 0 Å². The number of nitrogens with one attached hydrogen (secondary N) is 4. The number of hydrogen-bond donors (Lipinski definition) is 4. The maximum atomic E-state index is 12.0. The van der Waals surface area contributed by atoms with Gasteiger partial charge >= 0.3 is 6.03 Å². The summed E-state index contributed by atoms with van der Waals surface area (Å²) in [7, 11) is -1.94. The molecule has 1 aromatic heterocycles. The molecule has 2 amide bonds. The molecule has 0 fully saturated rings. The molecule has 0 spiro atoms. The van der Waals surface area contributed by atoms with Crippen molar-refractivity contribution in [1.82, 2.24) is 25.3 Å². The lowest BCUT2D eigenvalue weighted by molar-refractivity contribution is 0.240. The minimum absolute atomic E-state index is 0.0962. The van der Waals surface area contributed by atoms with Gasteiger partial charge in [-0.05, 0) is 30.3 Å². The van der Waals surface area contributed by atoms with Crippen LogP contribution in [0.25, 0.3) is 11.0 Å². The fourth-order valence-electron chi connectivity index (χ4n) is 2.78. The van der Waals surface area contributed by atoms with E-state index in [-0.39, 0.29) is 11.8 Å². The zero-order chi connectivity index (χ0) is 20.0. The molecule has 0 atom stereocenters. The van der Waals surface area contributed by atoms with Gasteiger partial charge in [-0.1, -0.05) is 36.4 Å². The van der Waals surface area contributed by atoms with Gasteiger partial charge in [-0.25, -0.2) is 22.9 Å². The minimum Gasteiger partial charge on any atom is -0.342 e. The van der Waals surface area contributed by atoms with Gasteiger partial charge in [-0.2, -0.15) is 0 Å². The van der Waals surface area contributed by atoms with E-state index >= 15 is 0 Å². The molecular weight excluding hydrogens is 378 g/mol. The highest BCUT2D eigenvalue weighted by molar-refractivity contribution is 7.88. The molecule has 9 heteroatoms. The van der Waals surface area contributed by atoms with Crippen molar-refractivity contribution in [2.24, 2.45) is 0 Å². The summed E-state index contributed by atoms with van der Waals surface area (Å²) in [6.45, 7) is 0.760. The van der Waals surface area contributed by atoms with E-state index in [1.54, 1.807) is 18.2 Å². The van der Waals surface area contributed by atoms with Crippen LogP contribution in [0, 0.1) is 0 Å². The number of rotatable bonds is 8. The second-order valence-electron chi connectivity index (χ2n) is 6.34. The monoisotopic (exact) mass is 401 g/mol. The lowest BCUT2D eigenvalue weighted by Gasteiger charge is -2.09. The highest BCUT2D eigenvalue weighted by Crippen LogP contribution is 2.10. The third kappa shape index (κ3) is 5.54. The molecule has 0 unspecified atom stereocenters. The van der Waals surface area contributed by atoms with Crippen molar-refractivity contribution >= 4 is 27.1 Å². The Labute approximate surface area is 163 Å². The summed E-state index contributed by atoms with van der Waals surface area (Å²) in [6.07, 6.45) is 0.597. The third-order valence-electron chi connectivity index (χ3n) is 4.20.